The molecule has 0 bridgehead atoms. The number of benzene rings is 3. The molecule has 48 heavy (non-hydrogen) atoms. The summed E-state index contributed by atoms with van der Waals surface area (Å²) in [7, 11) is 1.62. The van der Waals surface area contributed by atoms with Crippen LogP contribution in [-0.2, 0) is 22.7 Å². The number of aromatic nitrogens is 1. The van der Waals surface area contributed by atoms with Gasteiger partial charge < -0.3 is 31.3 Å². The second-order valence-corrected chi connectivity index (χ2v) is 12.7. The first-order valence-corrected chi connectivity index (χ1v) is 16.7. The lowest BCUT2D eigenvalue weighted by Crippen LogP contribution is -2.35. The normalized spacial score (nSPS) is 17.3. The molecule has 1 aromatic heterocycles. The van der Waals surface area contributed by atoms with Crippen molar-refractivity contribution in [3.05, 3.63) is 93.8 Å². The van der Waals surface area contributed by atoms with E-state index in [-0.39, 0.29) is 29.7 Å². The Morgan fingerprint density at radius 3 is 2.15 bits per heavy atom. The average molecular weight is 692 g/mol. The number of ether oxygens (including phenoxy) is 1. The minimum absolute atomic E-state index is 0.0505. The van der Waals surface area contributed by atoms with E-state index in [1.54, 1.807) is 43.6 Å². The summed E-state index contributed by atoms with van der Waals surface area (Å²) in [5.74, 6) is 0.447. The van der Waals surface area contributed by atoms with Gasteiger partial charge in [0.25, 0.3) is 0 Å². The van der Waals surface area contributed by atoms with Crippen molar-refractivity contribution in [2.75, 3.05) is 25.5 Å². The molecule has 6 rings (SSSR count). The fraction of sp³-hybridized carbons (Fsp3) is 0.306. The smallest absolute Gasteiger partial charge is 0.220 e. The van der Waals surface area contributed by atoms with Crippen molar-refractivity contribution in [2.45, 2.75) is 50.9 Å². The van der Waals surface area contributed by atoms with Crippen LogP contribution in [0.15, 0.2) is 66.9 Å². The van der Waals surface area contributed by atoms with Gasteiger partial charge in [0.1, 0.15) is 5.75 Å². The number of anilines is 2. The van der Waals surface area contributed by atoms with E-state index in [2.05, 4.69) is 31.6 Å². The molecule has 250 valence electrons. The zero-order valence-corrected chi connectivity index (χ0v) is 28.0. The lowest BCUT2D eigenvalue weighted by molar-refractivity contribution is -0.120. The van der Waals surface area contributed by atoms with Crippen molar-refractivity contribution in [2.24, 2.45) is 0 Å². The van der Waals surface area contributed by atoms with Gasteiger partial charge in [0.15, 0.2) is 5.82 Å². The van der Waals surface area contributed by atoms with Gasteiger partial charge in [0, 0.05) is 85.1 Å². The monoisotopic (exact) mass is 690 g/mol. The highest BCUT2D eigenvalue weighted by atomic mass is 35.5. The molecule has 2 aliphatic heterocycles. The van der Waals surface area contributed by atoms with Crippen LogP contribution in [0.3, 0.4) is 0 Å². The molecule has 3 heterocycles. The number of carbonyl (C=O) groups is 2. The number of amides is 2. The molecule has 2 aliphatic rings. The quantitative estimate of drug-likeness (QED) is 0.111. The molecular weight excluding hydrogens is 654 g/mol. The van der Waals surface area contributed by atoms with E-state index in [4.69, 9.17) is 27.9 Å². The Morgan fingerprint density at radius 1 is 0.833 bits per heavy atom. The second-order valence-electron chi connectivity index (χ2n) is 12.0. The Labute approximate surface area is 289 Å². The number of pyridine rings is 1. The van der Waals surface area contributed by atoms with E-state index >= 15 is 4.39 Å². The third-order valence-electron chi connectivity index (χ3n) is 8.67. The first-order valence-electron chi connectivity index (χ1n) is 16.0. The largest absolute Gasteiger partial charge is 0.496 e. The number of rotatable bonds is 13. The van der Waals surface area contributed by atoms with Crippen molar-refractivity contribution in [1.82, 2.24) is 26.3 Å². The molecule has 2 atom stereocenters. The van der Waals surface area contributed by atoms with Crippen LogP contribution in [-0.4, -0.2) is 49.1 Å². The summed E-state index contributed by atoms with van der Waals surface area (Å²) < 4.78 is 21.3. The van der Waals surface area contributed by atoms with Gasteiger partial charge in [-0.3, -0.25) is 14.6 Å². The molecule has 0 spiro atoms. The third kappa shape index (κ3) is 7.73. The summed E-state index contributed by atoms with van der Waals surface area (Å²) in [6, 6.07) is 18.5. The van der Waals surface area contributed by atoms with E-state index in [0.29, 0.717) is 88.6 Å². The maximum atomic E-state index is 15.6. The predicted molar refractivity (Wildman–Crippen MR) is 187 cm³/mol. The van der Waals surface area contributed by atoms with Gasteiger partial charge in [-0.1, -0.05) is 59.6 Å². The maximum Gasteiger partial charge on any atom is 0.220 e. The number of halogens is 3. The summed E-state index contributed by atoms with van der Waals surface area (Å²) in [4.78, 5) is 27.5. The summed E-state index contributed by atoms with van der Waals surface area (Å²) >= 11 is 13.9. The van der Waals surface area contributed by atoms with E-state index < -0.39 is 0 Å². The fourth-order valence-electron chi connectivity index (χ4n) is 6.11. The summed E-state index contributed by atoms with van der Waals surface area (Å²) in [6.45, 7) is 2.14. The van der Waals surface area contributed by atoms with Crippen molar-refractivity contribution >= 4 is 46.4 Å². The minimum Gasteiger partial charge on any atom is -0.496 e. The lowest BCUT2D eigenvalue weighted by Gasteiger charge is -2.17. The standard InChI is InChI=1S/C36H37Cl2FN6O3/c1-48-30-16-21(8-9-22(30)17-40-19-24-10-12-31(46)43-24)36-34(38)27(14-15-42-36)26-5-3-6-28(33(26)37)45-29-7-2-4-23(35(29)39)18-41-20-25-11-13-32(47)44-25/h2-9,14-16,24-25,40-41,45H,10-13,17-20H2,1H3,(H,43,46)(H,44,47)/t24-,25-/m0/s1. The van der Waals surface area contributed by atoms with Gasteiger partial charge in [-0.2, -0.15) is 0 Å². The lowest BCUT2D eigenvalue weighted by atomic mass is 10.0. The van der Waals surface area contributed by atoms with Crippen LogP contribution in [0.5, 0.6) is 5.75 Å². The maximum absolute atomic E-state index is 15.6. The Bertz CT molecular complexity index is 1820. The topological polar surface area (TPSA) is 116 Å². The van der Waals surface area contributed by atoms with Crippen molar-refractivity contribution in [3.63, 3.8) is 0 Å². The Morgan fingerprint density at radius 2 is 1.48 bits per heavy atom. The van der Waals surface area contributed by atoms with Crippen LogP contribution in [0.1, 0.15) is 36.8 Å². The molecule has 12 heteroatoms. The molecule has 9 nitrogen and oxygen atoms in total. The molecule has 2 fully saturated rings. The van der Waals surface area contributed by atoms with E-state index in [0.717, 1.165) is 24.0 Å². The van der Waals surface area contributed by atoms with E-state index in [1.807, 2.05) is 30.3 Å². The van der Waals surface area contributed by atoms with Gasteiger partial charge in [0.2, 0.25) is 11.8 Å². The average Bonchev–Trinajstić information content (AvgIpc) is 3.70. The zero-order valence-electron chi connectivity index (χ0n) is 26.5. The first kappa shape index (κ1) is 33.7. The summed E-state index contributed by atoms with van der Waals surface area (Å²) in [5, 5.41) is 16.5. The predicted octanol–water partition coefficient (Wildman–Crippen LogP) is 6.35. The molecule has 0 unspecified atom stereocenters. The van der Waals surface area contributed by atoms with Crippen molar-refractivity contribution in [3.8, 4) is 28.1 Å². The van der Waals surface area contributed by atoms with Gasteiger partial charge in [-0.05, 0) is 37.1 Å². The van der Waals surface area contributed by atoms with Crippen LogP contribution in [0.25, 0.3) is 22.4 Å². The summed E-state index contributed by atoms with van der Waals surface area (Å²) in [5.41, 5.74) is 4.97. The molecule has 5 N–H and O–H groups in total. The van der Waals surface area contributed by atoms with Crippen LogP contribution in [0.2, 0.25) is 10.0 Å². The summed E-state index contributed by atoms with van der Waals surface area (Å²) in [6.07, 6.45) is 4.38. The molecule has 0 aliphatic carbocycles. The van der Waals surface area contributed by atoms with Gasteiger partial charge in [-0.15, -0.1) is 0 Å². The Kier molecular flexibility index (Phi) is 10.8. The van der Waals surface area contributed by atoms with Crippen LogP contribution >= 0.6 is 23.2 Å². The number of nitrogens with zero attached hydrogens (tertiary/aromatic N) is 1. The molecule has 0 radical (unpaired) electrons. The van der Waals surface area contributed by atoms with E-state index in [1.165, 1.54) is 0 Å². The van der Waals surface area contributed by atoms with Crippen molar-refractivity contribution in [1.29, 1.82) is 0 Å². The highest BCUT2D eigenvalue weighted by Crippen LogP contribution is 2.42. The number of hydrogen-bond acceptors (Lipinski definition) is 7. The SMILES string of the molecule is COc1cc(-c2nccc(-c3cccc(Nc4cccc(CNC[C@@H]5CCC(=O)N5)c4F)c3Cl)c2Cl)ccc1CNC[C@@H]1CCC(=O)N1. The zero-order chi connectivity index (χ0) is 33.6. The van der Waals surface area contributed by atoms with Gasteiger partial charge in [0.05, 0.1) is 34.2 Å². The minimum atomic E-state index is -0.385. The molecule has 2 amide bonds. The molecule has 3 aromatic carbocycles. The number of hydrogen-bond donors (Lipinski definition) is 5. The first-order chi connectivity index (χ1) is 23.3. The number of carbonyl (C=O) groups excluding carboxylic acids is 2. The van der Waals surface area contributed by atoms with Crippen LogP contribution < -0.4 is 31.3 Å². The number of methoxy groups -OCH3 is 1. The second kappa shape index (κ2) is 15.3. The third-order valence-corrected chi connectivity index (χ3v) is 9.46. The van der Waals surface area contributed by atoms with Crippen LogP contribution in [0, 0.1) is 5.82 Å². The van der Waals surface area contributed by atoms with Gasteiger partial charge in [-0.25, -0.2) is 4.39 Å². The van der Waals surface area contributed by atoms with Gasteiger partial charge >= 0.3 is 0 Å². The highest BCUT2D eigenvalue weighted by Gasteiger charge is 2.22. The van der Waals surface area contributed by atoms with Crippen LogP contribution in [0.4, 0.5) is 15.8 Å². The Balaban J connectivity index is 1.17. The molecular formula is C36H37Cl2FN6O3. The van der Waals surface area contributed by atoms with Crippen molar-refractivity contribution < 1.29 is 18.7 Å². The van der Waals surface area contributed by atoms with E-state index in [9.17, 15) is 9.59 Å². The molecule has 4 aromatic rings. The molecule has 0 saturated carbocycles. The highest BCUT2D eigenvalue weighted by molar-refractivity contribution is 6.39. The Hall–Kier alpha value is -4.22. The molecule has 2 saturated heterocycles. The number of nitrogens with one attached hydrogen (secondary N) is 5. The fourth-order valence-corrected chi connectivity index (χ4v) is 6.71.